The summed E-state index contributed by atoms with van der Waals surface area (Å²) in [4.78, 5) is 13.9. The van der Waals surface area contributed by atoms with Crippen molar-refractivity contribution in [1.82, 2.24) is 4.90 Å². The number of methoxy groups -OCH3 is 1. The van der Waals surface area contributed by atoms with E-state index in [2.05, 4.69) is 0 Å². The van der Waals surface area contributed by atoms with Crippen LogP contribution in [0.1, 0.15) is 24.2 Å². The van der Waals surface area contributed by atoms with E-state index in [1.165, 1.54) is 7.11 Å². The third-order valence-corrected chi connectivity index (χ3v) is 2.68. The van der Waals surface area contributed by atoms with Gasteiger partial charge in [-0.15, -0.1) is 0 Å². The van der Waals surface area contributed by atoms with E-state index in [4.69, 9.17) is 15.2 Å². The van der Waals surface area contributed by atoms with Crippen LogP contribution in [0.3, 0.4) is 0 Å². The van der Waals surface area contributed by atoms with Gasteiger partial charge in [0, 0.05) is 19.3 Å². The smallest absolute Gasteiger partial charge is 0.257 e. The number of nitrogens with zero attached hydrogens (tertiary/aromatic N) is 1. The average Bonchev–Trinajstić information content (AvgIpc) is 2.37. The van der Waals surface area contributed by atoms with Crippen molar-refractivity contribution in [3.05, 3.63) is 23.8 Å². The SMILES string of the molecule is COc1ccc(N)cc1C(=O)N(C)CCOC(C)C. The predicted molar refractivity (Wildman–Crippen MR) is 75.5 cm³/mol. The molecule has 0 aliphatic carbocycles. The summed E-state index contributed by atoms with van der Waals surface area (Å²) in [5, 5.41) is 0. The molecule has 1 amide bonds. The molecule has 0 atom stereocenters. The number of rotatable bonds is 6. The van der Waals surface area contributed by atoms with E-state index >= 15 is 0 Å². The molecule has 0 saturated heterocycles. The second-order valence-electron chi connectivity index (χ2n) is 4.61. The van der Waals surface area contributed by atoms with Crippen LogP contribution in [0.15, 0.2) is 18.2 Å². The maximum atomic E-state index is 12.3. The number of ether oxygens (including phenoxy) is 2. The number of carbonyl (C=O) groups excluding carboxylic acids is 1. The lowest BCUT2D eigenvalue weighted by atomic mass is 10.1. The van der Waals surface area contributed by atoms with Crippen molar-refractivity contribution in [1.29, 1.82) is 0 Å². The quantitative estimate of drug-likeness (QED) is 0.797. The summed E-state index contributed by atoms with van der Waals surface area (Å²) in [6, 6.07) is 5.03. The number of benzene rings is 1. The highest BCUT2D eigenvalue weighted by Crippen LogP contribution is 2.22. The van der Waals surface area contributed by atoms with Gasteiger partial charge in [0.2, 0.25) is 0 Å². The van der Waals surface area contributed by atoms with Gasteiger partial charge in [-0.25, -0.2) is 0 Å². The number of nitrogens with two attached hydrogens (primary N) is 1. The first kappa shape index (κ1) is 15.3. The Morgan fingerprint density at radius 2 is 2.11 bits per heavy atom. The number of carbonyl (C=O) groups is 1. The van der Waals surface area contributed by atoms with Gasteiger partial charge in [0.15, 0.2) is 0 Å². The minimum absolute atomic E-state index is 0.128. The minimum Gasteiger partial charge on any atom is -0.496 e. The maximum Gasteiger partial charge on any atom is 0.257 e. The fourth-order valence-corrected chi connectivity index (χ4v) is 1.63. The highest BCUT2D eigenvalue weighted by atomic mass is 16.5. The van der Waals surface area contributed by atoms with E-state index in [0.29, 0.717) is 30.2 Å². The van der Waals surface area contributed by atoms with Crippen LogP contribution in [-0.4, -0.2) is 44.2 Å². The molecule has 0 aliphatic rings. The summed E-state index contributed by atoms with van der Waals surface area (Å²) in [6.07, 6.45) is 0.158. The van der Waals surface area contributed by atoms with E-state index in [0.717, 1.165) is 0 Å². The van der Waals surface area contributed by atoms with E-state index in [9.17, 15) is 4.79 Å². The largest absolute Gasteiger partial charge is 0.496 e. The third kappa shape index (κ3) is 4.44. The summed E-state index contributed by atoms with van der Waals surface area (Å²) in [7, 11) is 3.26. The van der Waals surface area contributed by atoms with Crippen molar-refractivity contribution >= 4 is 11.6 Å². The molecule has 5 nitrogen and oxygen atoms in total. The molecule has 1 aromatic carbocycles. The molecule has 0 aromatic heterocycles. The molecular weight excluding hydrogens is 244 g/mol. The Bertz CT molecular complexity index is 433. The molecule has 0 aliphatic heterocycles. The number of amides is 1. The number of hydrogen-bond donors (Lipinski definition) is 1. The first-order valence-electron chi connectivity index (χ1n) is 6.26. The first-order chi connectivity index (χ1) is 8.95. The van der Waals surface area contributed by atoms with Crippen LogP contribution in [0.5, 0.6) is 5.75 Å². The van der Waals surface area contributed by atoms with Crippen molar-refractivity contribution in [3.63, 3.8) is 0 Å². The Kier molecular flexibility index (Phi) is 5.63. The molecule has 0 bridgehead atoms. The molecule has 0 spiro atoms. The van der Waals surface area contributed by atoms with Crippen LogP contribution in [0.25, 0.3) is 0 Å². The van der Waals surface area contributed by atoms with Crippen LogP contribution in [0.4, 0.5) is 5.69 Å². The van der Waals surface area contributed by atoms with Crippen molar-refractivity contribution in [2.24, 2.45) is 0 Å². The average molecular weight is 266 g/mol. The molecular formula is C14H22N2O3. The van der Waals surface area contributed by atoms with Crippen molar-refractivity contribution in [3.8, 4) is 5.75 Å². The lowest BCUT2D eigenvalue weighted by molar-refractivity contribution is 0.0530. The molecule has 0 radical (unpaired) electrons. The Hall–Kier alpha value is -1.75. The highest BCUT2D eigenvalue weighted by Gasteiger charge is 2.16. The fraction of sp³-hybridized carbons (Fsp3) is 0.500. The summed E-state index contributed by atoms with van der Waals surface area (Å²) < 4.78 is 10.6. The lowest BCUT2D eigenvalue weighted by Gasteiger charge is -2.19. The summed E-state index contributed by atoms with van der Waals surface area (Å²) in [5.74, 6) is 0.396. The van der Waals surface area contributed by atoms with Crippen molar-refractivity contribution in [2.45, 2.75) is 20.0 Å². The van der Waals surface area contributed by atoms with Gasteiger partial charge in [0.25, 0.3) is 5.91 Å². The van der Waals surface area contributed by atoms with Crippen LogP contribution in [-0.2, 0) is 4.74 Å². The highest BCUT2D eigenvalue weighted by molar-refractivity contribution is 5.97. The second-order valence-corrected chi connectivity index (χ2v) is 4.61. The van der Waals surface area contributed by atoms with Crippen molar-refractivity contribution < 1.29 is 14.3 Å². The van der Waals surface area contributed by atoms with Crippen LogP contribution in [0.2, 0.25) is 0 Å². The topological polar surface area (TPSA) is 64.8 Å². The second kappa shape index (κ2) is 6.99. The zero-order valence-corrected chi connectivity index (χ0v) is 12.0. The van der Waals surface area contributed by atoms with Gasteiger partial charge in [-0.3, -0.25) is 4.79 Å². The number of hydrogen-bond acceptors (Lipinski definition) is 4. The summed E-state index contributed by atoms with van der Waals surface area (Å²) in [5.41, 5.74) is 6.71. The van der Waals surface area contributed by atoms with Gasteiger partial charge in [0.1, 0.15) is 5.75 Å². The van der Waals surface area contributed by atoms with Gasteiger partial charge in [-0.1, -0.05) is 0 Å². The molecule has 2 N–H and O–H groups in total. The van der Waals surface area contributed by atoms with Gasteiger partial charge in [-0.2, -0.15) is 0 Å². The zero-order valence-electron chi connectivity index (χ0n) is 12.0. The third-order valence-electron chi connectivity index (χ3n) is 2.68. The molecule has 5 heteroatoms. The van der Waals surface area contributed by atoms with E-state index in [1.807, 2.05) is 13.8 Å². The summed E-state index contributed by atoms with van der Waals surface area (Å²) >= 11 is 0. The minimum atomic E-state index is -0.128. The lowest BCUT2D eigenvalue weighted by Crippen LogP contribution is -2.31. The van der Waals surface area contributed by atoms with E-state index < -0.39 is 0 Å². The monoisotopic (exact) mass is 266 g/mol. The molecule has 1 aromatic rings. The fourth-order valence-electron chi connectivity index (χ4n) is 1.63. The van der Waals surface area contributed by atoms with Crippen LogP contribution >= 0.6 is 0 Å². The van der Waals surface area contributed by atoms with Gasteiger partial charge >= 0.3 is 0 Å². The summed E-state index contributed by atoms with van der Waals surface area (Å²) in [6.45, 7) is 4.95. The van der Waals surface area contributed by atoms with Crippen LogP contribution in [0, 0.1) is 0 Å². The Balaban J connectivity index is 2.73. The Morgan fingerprint density at radius 3 is 2.68 bits per heavy atom. The molecule has 0 fully saturated rings. The Labute approximate surface area is 114 Å². The Morgan fingerprint density at radius 1 is 1.42 bits per heavy atom. The van der Waals surface area contributed by atoms with Crippen LogP contribution < -0.4 is 10.5 Å². The number of nitrogen functional groups attached to an aromatic ring is 1. The number of likely N-dealkylation sites (N-methyl/N-ethyl adjacent to an activating group) is 1. The van der Waals surface area contributed by atoms with Gasteiger partial charge < -0.3 is 20.1 Å². The number of anilines is 1. The first-order valence-corrected chi connectivity index (χ1v) is 6.26. The molecule has 19 heavy (non-hydrogen) atoms. The molecule has 0 unspecified atom stereocenters. The molecule has 106 valence electrons. The molecule has 0 saturated carbocycles. The molecule has 0 heterocycles. The standard InChI is InChI=1S/C14H22N2O3/c1-10(2)19-8-7-16(3)14(17)12-9-11(15)5-6-13(12)18-4/h5-6,9-10H,7-8,15H2,1-4H3. The predicted octanol–water partition coefficient (Wildman–Crippen LogP) is 1.77. The zero-order chi connectivity index (χ0) is 14.4. The maximum absolute atomic E-state index is 12.3. The van der Waals surface area contributed by atoms with Crippen molar-refractivity contribution in [2.75, 3.05) is 33.0 Å². The molecule has 1 rings (SSSR count). The van der Waals surface area contributed by atoms with Gasteiger partial charge in [-0.05, 0) is 32.0 Å². The van der Waals surface area contributed by atoms with E-state index in [-0.39, 0.29) is 12.0 Å². The van der Waals surface area contributed by atoms with Gasteiger partial charge in [0.05, 0.1) is 25.4 Å². The van der Waals surface area contributed by atoms with E-state index in [1.54, 1.807) is 30.1 Å². The normalized spacial score (nSPS) is 10.6.